The van der Waals surface area contributed by atoms with Crippen molar-refractivity contribution in [3.63, 3.8) is 0 Å². The van der Waals surface area contributed by atoms with Crippen LogP contribution in [0.1, 0.15) is 128 Å². The molecule has 0 bridgehead atoms. The molecule has 40 heavy (non-hydrogen) atoms. The van der Waals surface area contributed by atoms with Crippen LogP contribution in [0.4, 0.5) is 0 Å². The number of nitrogens with zero attached hydrogens (tertiary/aromatic N) is 2. The van der Waals surface area contributed by atoms with Crippen LogP contribution in [0.5, 0.6) is 0 Å². The van der Waals surface area contributed by atoms with Gasteiger partial charge in [0.1, 0.15) is 12.2 Å². The molecule has 2 aliphatic heterocycles. The summed E-state index contributed by atoms with van der Waals surface area (Å²) in [5.41, 5.74) is -1.31. The van der Waals surface area contributed by atoms with Crippen molar-refractivity contribution in [1.29, 1.82) is 0 Å². The zero-order chi connectivity index (χ0) is 30.3. The van der Waals surface area contributed by atoms with Crippen LogP contribution in [0.15, 0.2) is 24.3 Å². The Morgan fingerprint density at radius 2 is 1.00 bits per heavy atom. The molecular formula is C32H52N2O6. The predicted molar refractivity (Wildman–Crippen MR) is 154 cm³/mol. The summed E-state index contributed by atoms with van der Waals surface area (Å²) in [7, 11) is 0. The first-order valence-electron chi connectivity index (χ1n) is 15.1. The molecule has 2 N–H and O–H groups in total. The third kappa shape index (κ3) is 5.44. The third-order valence-electron chi connectivity index (χ3n) is 11.2. The summed E-state index contributed by atoms with van der Waals surface area (Å²) in [6.07, 6.45) is 3.25. The molecule has 3 rings (SSSR count). The fourth-order valence-corrected chi connectivity index (χ4v) is 6.79. The summed E-state index contributed by atoms with van der Waals surface area (Å²) in [5, 5.41) is 25.0. The number of hydroxylamine groups is 4. The predicted octanol–water partition coefficient (Wildman–Crippen LogP) is 6.87. The highest BCUT2D eigenvalue weighted by Gasteiger charge is 2.55. The van der Waals surface area contributed by atoms with E-state index >= 15 is 0 Å². The van der Waals surface area contributed by atoms with Gasteiger partial charge < -0.3 is 19.9 Å². The fraction of sp³-hybridized carbons (Fsp3) is 0.750. The average molecular weight is 561 g/mol. The number of esters is 2. The van der Waals surface area contributed by atoms with E-state index in [4.69, 9.17) is 9.47 Å². The molecule has 1 aromatic rings. The Balaban J connectivity index is 1.73. The highest BCUT2D eigenvalue weighted by Crippen LogP contribution is 2.46. The van der Waals surface area contributed by atoms with Gasteiger partial charge in [-0.25, -0.2) is 9.59 Å². The van der Waals surface area contributed by atoms with Crippen LogP contribution in [0.3, 0.4) is 0 Å². The molecule has 0 spiro atoms. The molecule has 0 radical (unpaired) electrons. The number of hydrogen-bond acceptors (Lipinski definition) is 8. The van der Waals surface area contributed by atoms with E-state index < -0.39 is 34.1 Å². The monoisotopic (exact) mass is 560 g/mol. The highest BCUT2D eigenvalue weighted by atomic mass is 16.6. The van der Waals surface area contributed by atoms with Crippen molar-refractivity contribution in [3.05, 3.63) is 35.4 Å². The van der Waals surface area contributed by atoms with E-state index in [1.54, 1.807) is 24.3 Å². The lowest BCUT2D eigenvalue weighted by Crippen LogP contribution is -2.67. The Morgan fingerprint density at radius 1 is 0.700 bits per heavy atom. The molecule has 0 aliphatic carbocycles. The van der Waals surface area contributed by atoms with E-state index in [9.17, 15) is 20.0 Å². The summed E-state index contributed by atoms with van der Waals surface area (Å²) in [4.78, 5) is 26.4. The zero-order valence-electron chi connectivity index (χ0n) is 26.3. The summed E-state index contributed by atoms with van der Waals surface area (Å²) in [6.45, 7) is 20.2. The van der Waals surface area contributed by atoms with Crippen LogP contribution in [0.25, 0.3) is 0 Å². The van der Waals surface area contributed by atoms with Gasteiger partial charge in [-0.05, 0) is 77.6 Å². The van der Waals surface area contributed by atoms with Gasteiger partial charge in [-0.3, -0.25) is 0 Å². The summed E-state index contributed by atoms with van der Waals surface area (Å²) >= 11 is 0. The summed E-state index contributed by atoms with van der Waals surface area (Å²) < 4.78 is 12.1. The van der Waals surface area contributed by atoms with Crippen LogP contribution >= 0.6 is 0 Å². The second kappa shape index (κ2) is 11.7. The lowest BCUT2D eigenvalue weighted by atomic mass is 9.69. The number of benzene rings is 1. The lowest BCUT2D eigenvalue weighted by Gasteiger charge is -2.57. The zero-order valence-corrected chi connectivity index (χ0v) is 26.3. The SMILES string of the molecule is CCC1(C)CC(OC(=O)c2ccc(C(=O)OC3CC(C)(CC)N(O)C(C)(CC)C3C)cc2)C(C)C(C)(CC)N1O. The van der Waals surface area contributed by atoms with Crippen molar-refractivity contribution in [2.45, 2.75) is 142 Å². The van der Waals surface area contributed by atoms with Gasteiger partial charge in [0, 0.05) is 46.8 Å². The van der Waals surface area contributed by atoms with Crippen molar-refractivity contribution in [2.24, 2.45) is 11.8 Å². The van der Waals surface area contributed by atoms with Gasteiger partial charge in [-0.1, -0.05) is 41.5 Å². The van der Waals surface area contributed by atoms with Gasteiger partial charge in [0.25, 0.3) is 0 Å². The Hall–Kier alpha value is -2.00. The van der Waals surface area contributed by atoms with Gasteiger partial charge in [-0.15, -0.1) is 0 Å². The number of piperidine rings is 2. The van der Waals surface area contributed by atoms with E-state index in [2.05, 4.69) is 0 Å². The van der Waals surface area contributed by atoms with Crippen molar-refractivity contribution in [3.8, 4) is 0 Å². The molecule has 226 valence electrons. The van der Waals surface area contributed by atoms with Crippen LogP contribution in [0, 0.1) is 11.8 Å². The number of carbonyl (C=O) groups excluding carboxylic acids is 2. The number of rotatable bonds is 8. The minimum Gasteiger partial charge on any atom is -0.458 e. The van der Waals surface area contributed by atoms with Crippen molar-refractivity contribution >= 4 is 11.9 Å². The first-order valence-corrected chi connectivity index (χ1v) is 15.1. The Labute approximate surface area is 240 Å². The highest BCUT2D eigenvalue weighted by molar-refractivity contribution is 5.93. The maximum absolute atomic E-state index is 13.2. The first kappa shape index (κ1) is 32.5. The van der Waals surface area contributed by atoms with Crippen molar-refractivity contribution in [1.82, 2.24) is 10.1 Å². The molecule has 8 nitrogen and oxygen atoms in total. The molecule has 8 heteroatoms. The summed E-state index contributed by atoms with van der Waals surface area (Å²) in [6, 6.07) is 6.42. The molecule has 0 saturated carbocycles. The number of carbonyl (C=O) groups is 2. The normalized spacial score (nSPS) is 39.1. The molecule has 0 aromatic heterocycles. The molecule has 2 heterocycles. The van der Waals surface area contributed by atoms with Crippen LogP contribution in [0.2, 0.25) is 0 Å². The van der Waals surface area contributed by atoms with E-state index in [0.717, 1.165) is 25.7 Å². The molecule has 2 aliphatic rings. The Kier molecular flexibility index (Phi) is 9.52. The number of hydrogen-bond donors (Lipinski definition) is 2. The number of ether oxygens (including phenoxy) is 2. The minimum absolute atomic E-state index is 0.0738. The van der Waals surface area contributed by atoms with E-state index in [-0.39, 0.29) is 24.0 Å². The fourth-order valence-electron chi connectivity index (χ4n) is 6.79. The first-order chi connectivity index (χ1) is 18.6. The second-order valence-corrected chi connectivity index (χ2v) is 13.2. The quantitative estimate of drug-likeness (QED) is 0.332. The standard InChI is InChI=1S/C32H52N2O6/c1-11-29(7)19-25(21(5)31(9,13-3)33(29)37)39-27(35)23-15-17-24(18-16-23)28(36)40-26-20-30(8,12-2)34(38)32(10,14-4)22(26)6/h15-18,21-22,25-26,37-38H,11-14,19-20H2,1-10H3. The lowest BCUT2D eigenvalue weighted by molar-refractivity contribution is -0.286. The minimum atomic E-state index is -0.521. The molecule has 1 aromatic carbocycles. The molecule has 2 fully saturated rings. The van der Waals surface area contributed by atoms with Crippen molar-refractivity contribution < 1.29 is 29.5 Å². The molecular weight excluding hydrogens is 508 g/mol. The maximum atomic E-state index is 13.2. The molecule has 8 atom stereocenters. The summed E-state index contributed by atoms with van der Waals surface area (Å²) in [5.74, 6) is -1.03. The third-order valence-corrected chi connectivity index (χ3v) is 11.2. The molecule has 0 amide bonds. The van der Waals surface area contributed by atoms with E-state index in [1.165, 1.54) is 10.1 Å². The van der Waals surface area contributed by atoms with Crippen LogP contribution in [-0.4, -0.2) is 66.8 Å². The Morgan fingerprint density at radius 3 is 1.25 bits per heavy atom. The van der Waals surface area contributed by atoms with Gasteiger partial charge in [0.2, 0.25) is 0 Å². The largest absolute Gasteiger partial charge is 0.458 e. The maximum Gasteiger partial charge on any atom is 0.338 e. The van der Waals surface area contributed by atoms with Gasteiger partial charge >= 0.3 is 11.9 Å². The van der Waals surface area contributed by atoms with Crippen LogP contribution in [-0.2, 0) is 9.47 Å². The van der Waals surface area contributed by atoms with E-state index in [1.807, 2.05) is 69.2 Å². The van der Waals surface area contributed by atoms with Gasteiger partial charge in [0.05, 0.1) is 11.1 Å². The van der Waals surface area contributed by atoms with Crippen molar-refractivity contribution in [2.75, 3.05) is 0 Å². The topological polar surface area (TPSA) is 99.5 Å². The van der Waals surface area contributed by atoms with E-state index in [0.29, 0.717) is 24.0 Å². The van der Waals surface area contributed by atoms with Gasteiger partial charge in [-0.2, -0.15) is 10.1 Å². The smallest absolute Gasteiger partial charge is 0.338 e. The second-order valence-electron chi connectivity index (χ2n) is 13.2. The molecule has 8 unspecified atom stereocenters. The van der Waals surface area contributed by atoms with Crippen LogP contribution < -0.4 is 0 Å². The molecule has 2 saturated heterocycles. The average Bonchev–Trinajstić information content (AvgIpc) is 2.96. The Bertz CT molecular complexity index is 981. The van der Waals surface area contributed by atoms with Gasteiger partial charge in [0.15, 0.2) is 0 Å².